The standard InChI is InChI=1S/C24H19F3N4OS/c1-16-22(14-29-31(16)20-6-2-5-18(12-20)24(25,26)27)23(32)30-19-7-9-21(10-8-19)33-15-17-4-3-11-28-13-17/h2-14H,15H2,1H3,(H,30,32). The van der Waals surface area contributed by atoms with E-state index in [4.69, 9.17) is 0 Å². The average Bonchev–Trinajstić information content (AvgIpc) is 3.20. The highest BCUT2D eigenvalue weighted by atomic mass is 32.2. The summed E-state index contributed by atoms with van der Waals surface area (Å²) in [5, 5.41) is 6.93. The number of amides is 1. The quantitative estimate of drug-likeness (QED) is 0.346. The van der Waals surface area contributed by atoms with Gasteiger partial charge in [-0.15, -0.1) is 11.8 Å². The van der Waals surface area contributed by atoms with Gasteiger partial charge in [0.1, 0.15) is 0 Å². The highest BCUT2D eigenvalue weighted by Gasteiger charge is 2.30. The number of thioether (sulfide) groups is 1. The molecule has 0 atom stereocenters. The van der Waals surface area contributed by atoms with Crippen molar-refractivity contribution in [2.24, 2.45) is 0 Å². The number of aromatic nitrogens is 3. The number of hydrogen-bond acceptors (Lipinski definition) is 4. The Labute approximate surface area is 192 Å². The highest BCUT2D eigenvalue weighted by Crippen LogP contribution is 2.30. The van der Waals surface area contributed by atoms with E-state index < -0.39 is 11.7 Å². The SMILES string of the molecule is Cc1c(C(=O)Nc2ccc(SCc3cccnc3)cc2)cnn1-c1cccc(C(F)(F)F)c1. The summed E-state index contributed by atoms with van der Waals surface area (Å²) in [7, 11) is 0. The van der Waals surface area contributed by atoms with Crippen LogP contribution in [0.5, 0.6) is 0 Å². The Hall–Kier alpha value is -3.59. The van der Waals surface area contributed by atoms with Crippen LogP contribution in [-0.2, 0) is 11.9 Å². The largest absolute Gasteiger partial charge is 0.416 e. The molecule has 0 aliphatic rings. The van der Waals surface area contributed by atoms with Gasteiger partial charge in [0, 0.05) is 28.7 Å². The zero-order valence-corrected chi connectivity index (χ0v) is 18.3. The third-order valence-electron chi connectivity index (χ3n) is 4.91. The van der Waals surface area contributed by atoms with Gasteiger partial charge in [-0.2, -0.15) is 18.3 Å². The number of pyridine rings is 1. The van der Waals surface area contributed by atoms with Crippen LogP contribution in [0, 0.1) is 6.92 Å². The molecule has 9 heteroatoms. The Morgan fingerprint density at radius 3 is 2.55 bits per heavy atom. The van der Waals surface area contributed by atoms with Crippen molar-refractivity contribution < 1.29 is 18.0 Å². The molecule has 1 amide bonds. The molecule has 4 aromatic rings. The number of alkyl halides is 3. The molecule has 0 saturated carbocycles. The van der Waals surface area contributed by atoms with Crippen molar-refractivity contribution in [2.75, 3.05) is 5.32 Å². The molecular weight excluding hydrogens is 449 g/mol. The Bertz CT molecular complexity index is 1250. The molecule has 0 bridgehead atoms. The molecular formula is C24H19F3N4OS. The molecule has 0 spiro atoms. The fourth-order valence-electron chi connectivity index (χ4n) is 3.19. The first-order chi connectivity index (χ1) is 15.8. The van der Waals surface area contributed by atoms with E-state index in [1.54, 1.807) is 37.0 Å². The third kappa shape index (κ3) is 5.43. The lowest BCUT2D eigenvalue weighted by Crippen LogP contribution is -2.13. The molecule has 0 unspecified atom stereocenters. The molecule has 0 saturated heterocycles. The Kier molecular flexibility index (Phi) is 6.50. The molecule has 5 nitrogen and oxygen atoms in total. The average molecular weight is 469 g/mol. The lowest BCUT2D eigenvalue weighted by molar-refractivity contribution is -0.137. The van der Waals surface area contributed by atoms with Gasteiger partial charge < -0.3 is 5.32 Å². The van der Waals surface area contributed by atoms with Crippen LogP contribution in [0.25, 0.3) is 5.69 Å². The first-order valence-corrected chi connectivity index (χ1v) is 11.0. The Morgan fingerprint density at radius 2 is 1.85 bits per heavy atom. The van der Waals surface area contributed by atoms with Crippen molar-refractivity contribution in [3.8, 4) is 5.69 Å². The smallest absolute Gasteiger partial charge is 0.322 e. The predicted octanol–water partition coefficient (Wildman–Crippen LogP) is 6.14. The topological polar surface area (TPSA) is 59.8 Å². The van der Waals surface area contributed by atoms with Crippen LogP contribution in [0.15, 0.2) is 84.1 Å². The maximum absolute atomic E-state index is 13.0. The minimum atomic E-state index is -4.46. The fourth-order valence-corrected chi connectivity index (χ4v) is 4.02. The summed E-state index contributed by atoms with van der Waals surface area (Å²) in [5.41, 5.74) is 1.90. The number of hydrogen-bond donors (Lipinski definition) is 1. The zero-order valence-electron chi connectivity index (χ0n) is 17.5. The second-order valence-corrected chi connectivity index (χ2v) is 8.28. The van der Waals surface area contributed by atoms with Crippen molar-refractivity contribution in [3.05, 3.63) is 102 Å². The monoisotopic (exact) mass is 468 g/mol. The molecule has 2 heterocycles. The number of anilines is 1. The number of carbonyl (C=O) groups excluding carboxylic acids is 1. The van der Waals surface area contributed by atoms with Crippen molar-refractivity contribution in [1.82, 2.24) is 14.8 Å². The first-order valence-electron chi connectivity index (χ1n) is 9.96. The molecule has 0 fully saturated rings. The van der Waals surface area contributed by atoms with E-state index in [1.165, 1.54) is 23.0 Å². The van der Waals surface area contributed by atoms with Crippen LogP contribution in [0.3, 0.4) is 0 Å². The van der Waals surface area contributed by atoms with E-state index in [9.17, 15) is 18.0 Å². The summed E-state index contributed by atoms with van der Waals surface area (Å²) >= 11 is 1.66. The summed E-state index contributed by atoms with van der Waals surface area (Å²) in [5.74, 6) is 0.398. The van der Waals surface area contributed by atoms with Crippen molar-refractivity contribution >= 4 is 23.4 Å². The Balaban J connectivity index is 1.44. The number of carbonyl (C=O) groups is 1. The molecule has 0 aliphatic carbocycles. The molecule has 2 aromatic heterocycles. The van der Waals surface area contributed by atoms with E-state index in [-0.39, 0.29) is 17.2 Å². The predicted molar refractivity (Wildman–Crippen MR) is 121 cm³/mol. The molecule has 2 aromatic carbocycles. The van der Waals surface area contributed by atoms with Crippen LogP contribution in [-0.4, -0.2) is 20.7 Å². The molecule has 0 radical (unpaired) electrons. The lowest BCUT2D eigenvalue weighted by Gasteiger charge is -2.10. The second kappa shape index (κ2) is 9.50. The maximum Gasteiger partial charge on any atom is 0.416 e. The minimum absolute atomic E-state index is 0.233. The van der Waals surface area contributed by atoms with Crippen molar-refractivity contribution in [2.45, 2.75) is 23.7 Å². The van der Waals surface area contributed by atoms with Gasteiger partial charge in [0.25, 0.3) is 5.91 Å². The van der Waals surface area contributed by atoms with Crippen LogP contribution < -0.4 is 5.32 Å². The first kappa shape index (κ1) is 22.6. The number of benzene rings is 2. The van der Waals surface area contributed by atoms with Gasteiger partial charge in [-0.3, -0.25) is 9.78 Å². The van der Waals surface area contributed by atoms with E-state index in [0.717, 1.165) is 28.3 Å². The molecule has 1 N–H and O–H groups in total. The van der Waals surface area contributed by atoms with Crippen LogP contribution in [0.2, 0.25) is 0 Å². The second-order valence-electron chi connectivity index (χ2n) is 7.23. The summed E-state index contributed by atoms with van der Waals surface area (Å²) in [6.07, 6.45) is 0.447. The van der Waals surface area contributed by atoms with Gasteiger partial charge in [-0.1, -0.05) is 12.1 Å². The number of nitrogens with zero attached hydrogens (tertiary/aromatic N) is 3. The highest BCUT2D eigenvalue weighted by molar-refractivity contribution is 7.98. The van der Waals surface area contributed by atoms with E-state index >= 15 is 0 Å². The minimum Gasteiger partial charge on any atom is -0.322 e. The number of rotatable bonds is 6. The normalized spacial score (nSPS) is 11.4. The van der Waals surface area contributed by atoms with E-state index in [0.29, 0.717) is 11.4 Å². The van der Waals surface area contributed by atoms with Crippen molar-refractivity contribution in [1.29, 1.82) is 0 Å². The van der Waals surface area contributed by atoms with Gasteiger partial charge in [-0.05, 0) is 61.0 Å². The summed E-state index contributed by atoms with van der Waals surface area (Å²) in [4.78, 5) is 17.9. The van der Waals surface area contributed by atoms with Gasteiger partial charge in [-0.25, -0.2) is 4.68 Å². The molecule has 33 heavy (non-hydrogen) atoms. The fraction of sp³-hybridized carbons (Fsp3) is 0.125. The van der Waals surface area contributed by atoms with Crippen LogP contribution >= 0.6 is 11.8 Å². The molecule has 168 valence electrons. The summed E-state index contributed by atoms with van der Waals surface area (Å²) < 4.78 is 40.4. The lowest BCUT2D eigenvalue weighted by atomic mass is 10.2. The number of halogens is 3. The third-order valence-corrected chi connectivity index (χ3v) is 6.00. The van der Waals surface area contributed by atoms with Crippen molar-refractivity contribution in [3.63, 3.8) is 0 Å². The summed E-state index contributed by atoms with van der Waals surface area (Å²) in [6, 6.07) is 16.2. The van der Waals surface area contributed by atoms with Gasteiger partial charge in [0.15, 0.2) is 0 Å². The maximum atomic E-state index is 13.0. The Morgan fingerprint density at radius 1 is 1.06 bits per heavy atom. The van der Waals surface area contributed by atoms with Crippen LogP contribution in [0.4, 0.5) is 18.9 Å². The van der Waals surface area contributed by atoms with Gasteiger partial charge >= 0.3 is 6.18 Å². The molecule has 0 aliphatic heterocycles. The summed E-state index contributed by atoms with van der Waals surface area (Å²) in [6.45, 7) is 1.64. The zero-order chi connectivity index (χ0) is 23.4. The van der Waals surface area contributed by atoms with Gasteiger partial charge in [0.2, 0.25) is 0 Å². The molecule has 4 rings (SSSR count). The van der Waals surface area contributed by atoms with E-state index in [1.807, 2.05) is 30.5 Å². The van der Waals surface area contributed by atoms with Crippen LogP contribution in [0.1, 0.15) is 27.2 Å². The van der Waals surface area contributed by atoms with E-state index in [2.05, 4.69) is 15.4 Å². The van der Waals surface area contributed by atoms with Gasteiger partial charge in [0.05, 0.1) is 28.7 Å². The number of nitrogens with one attached hydrogen (secondary N) is 1.